The van der Waals surface area contributed by atoms with Crippen molar-refractivity contribution in [3.8, 4) is 0 Å². The Hall–Kier alpha value is -2.11. The van der Waals surface area contributed by atoms with Crippen molar-refractivity contribution in [2.45, 2.75) is 58.3 Å². The van der Waals surface area contributed by atoms with E-state index in [1.807, 2.05) is 13.8 Å². The maximum absolute atomic E-state index is 12.3. The van der Waals surface area contributed by atoms with E-state index in [1.165, 1.54) is 6.08 Å². The van der Waals surface area contributed by atoms with Crippen molar-refractivity contribution >= 4 is 18.0 Å². The number of aryl methyl sites for hydroxylation is 2. The molecule has 2 fully saturated rings. The van der Waals surface area contributed by atoms with E-state index in [4.69, 9.17) is 9.47 Å². The molecule has 3 rings (SSSR count). The van der Waals surface area contributed by atoms with Crippen LogP contribution in [0.1, 0.15) is 50.3 Å². The quantitative estimate of drug-likeness (QED) is 0.476. The molecule has 0 radical (unpaired) electrons. The second kappa shape index (κ2) is 5.59. The van der Waals surface area contributed by atoms with Crippen LogP contribution in [0.2, 0.25) is 0 Å². The third-order valence-electron chi connectivity index (χ3n) is 4.22. The third-order valence-corrected chi connectivity index (χ3v) is 4.22. The van der Waals surface area contributed by atoms with Crippen LogP contribution in [0.15, 0.2) is 11.8 Å². The molecule has 1 saturated heterocycles. The van der Waals surface area contributed by atoms with Gasteiger partial charge in [-0.15, -0.1) is 0 Å². The van der Waals surface area contributed by atoms with Gasteiger partial charge in [0, 0.05) is 31.1 Å². The fourth-order valence-corrected chi connectivity index (χ4v) is 2.96. The number of nitrogens with zero attached hydrogens (tertiary/aromatic N) is 2. The van der Waals surface area contributed by atoms with E-state index in [0.717, 1.165) is 37.1 Å². The van der Waals surface area contributed by atoms with Crippen molar-refractivity contribution in [1.29, 1.82) is 0 Å². The summed E-state index contributed by atoms with van der Waals surface area (Å²) in [4.78, 5) is 24.5. The van der Waals surface area contributed by atoms with Gasteiger partial charge in [-0.25, -0.2) is 9.59 Å². The molecule has 0 aromatic carbocycles. The van der Waals surface area contributed by atoms with Gasteiger partial charge < -0.3 is 9.47 Å². The highest BCUT2D eigenvalue weighted by atomic mass is 16.7. The summed E-state index contributed by atoms with van der Waals surface area (Å²) in [7, 11) is 0. The smallest absolute Gasteiger partial charge is 0.348 e. The molecule has 1 aromatic heterocycles. The van der Waals surface area contributed by atoms with E-state index in [0.29, 0.717) is 12.8 Å². The monoisotopic (exact) mass is 304 g/mol. The molecule has 1 saturated carbocycles. The Morgan fingerprint density at radius 3 is 2.41 bits per heavy atom. The van der Waals surface area contributed by atoms with Gasteiger partial charge in [-0.2, -0.15) is 5.10 Å². The molecule has 6 nitrogen and oxygen atoms in total. The molecule has 0 N–H and O–H groups in total. The van der Waals surface area contributed by atoms with Gasteiger partial charge in [-0.05, 0) is 32.8 Å². The lowest BCUT2D eigenvalue weighted by atomic mass is 9.93. The summed E-state index contributed by atoms with van der Waals surface area (Å²) in [6.45, 7) is 4.53. The van der Waals surface area contributed by atoms with Crippen LogP contribution in [-0.4, -0.2) is 27.5 Å². The van der Waals surface area contributed by atoms with E-state index >= 15 is 0 Å². The molecular formula is C16H20N2O4. The number of ether oxygens (including phenoxy) is 2. The van der Waals surface area contributed by atoms with Gasteiger partial charge in [0.1, 0.15) is 5.57 Å². The predicted octanol–water partition coefficient (Wildman–Crippen LogP) is 2.36. The number of aromatic nitrogens is 2. The Morgan fingerprint density at radius 1 is 1.23 bits per heavy atom. The Kier molecular flexibility index (Phi) is 3.76. The van der Waals surface area contributed by atoms with Gasteiger partial charge in [0.15, 0.2) is 0 Å². The van der Waals surface area contributed by atoms with Crippen LogP contribution in [-0.2, 0) is 25.6 Å². The maximum atomic E-state index is 12.3. The molecule has 118 valence electrons. The number of rotatable bonds is 2. The van der Waals surface area contributed by atoms with Crippen LogP contribution in [0.3, 0.4) is 0 Å². The molecule has 22 heavy (non-hydrogen) atoms. The van der Waals surface area contributed by atoms with Crippen molar-refractivity contribution in [2.24, 2.45) is 0 Å². The van der Waals surface area contributed by atoms with Crippen LogP contribution in [0.4, 0.5) is 0 Å². The van der Waals surface area contributed by atoms with Crippen LogP contribution < -0.4 is 0 Å². The maximum Gasteiger partial charge on any atom is 0.348 e. The minimum absolute atomic E-state index is 0.0602. The number of carbonyl (C=O) groups excluding carboxylic acids is 2. The van der Waals surface area contributed by atoms with Crippen molar-refractivity contribution in [3.05, 3.63) is 23.0 Å². The molecule has 1 aliphatic heterocycles. The van der Waals surface area contributed by atoms with Gasteiger partial charge in [-0.1, -0.05) is 6.42 Å². The number of carbonyl (C=O) groups is 2. The van der Waals surface area contributed by atoms with Gasteiger partial charge in [0.25, 0.3) is 5.79 Å². The molecule has 0 amide bonds. The number of hydrogen-bond acceptors (Lipinski definition) is 5. The molecule has 0 atom stereocenters. The highest BCUT2D eigenvalue weighted by Gasteiger charge is 2.46. The molecule has 2 aliphatic rings. The summed E-state index contributed by atoms with van der Waals surface area (Å²) in [5.41, 5.74) is 1.42. The molecule has 1 spiro atoms. The summed E-state index contributed by atoms with van der Waals surface area (Å²) in [6, 6.07) is 0. The molecule has 0 unspecified atom stereocenters. The fourth-order valence-electron chi connectivity index (χ4n) is 2.96. The predicted molar refractivity (Wildman–Crippen MR) is 78.6 cm³/mol. The number of hydrogen-bond donors (Lipinski definition) is 0. The summed E-state index contributed by atoms with van der Waals surface area (Å²) < 4.78 is 12.7. The topological polar surface area (TPSA) is 70.4 Å². The van der Waals surface area contributed by atoms with E-state index in [1.54, 1.807) is 10.9 Å². The largest absolute Gasteiger partial charge is 0.419 e. The minimum Gasteiger partial charge on any atom is -0.419 e. The molecule has 6 heteroatoms. The zero-order valence-electron chi connectivity index (χ0n) is 12.9. The van der Waals surface area contributed by atoms with E-state index in [-0.39, 0.29) is 5.57 Å². The first-order valence-corrected chi connectivity index (χ1v) is 7.75. The highest BCUT2D eigenvalue weighted by molar-refractivity contribution is 6.18. The normalized spacial score (nSPS) is 20.7. The second-order valence-corrected chi connectivity index (χ2v) is 5.83. The van der Waals surface area contributed by atoms with E-state index < -0.39 is 17.7 Å². The summed E-state index contributed by atoms with van der Waals surface area (Å²) in [5.74, 6) is -2.23. The van der Waals surface area contributed by atoms with Gasteiger partial charge in [0.2, 0.25) is 0 Å². The van der Waals surface area contributed by atoms with Crippen LogP contribution in [0.25, 0.3) is 6.08 Å². The molecular weight excluding hydrogens is 284 g/mol. The minimum atomic E-state index is -1.04. The SMILES string of the molecule is CCn1cc(C=C2C(=O)OC3(CCCCC3)OC2=O)c(C)n1. The zero-order chi connectivity index (χ0) is 15.7. The zero-order valence-corrected chi connectivity index (χ0v) is 12.9. The average molecular weight is 304 g/mol. The van der Waals surface area contributed by atoms with E-state index in [9.17, 15) is 9.59 Å². The van der Waals surface area contributed by atoms with Crippen molar-refractivity contribution in [3.63, 3.8) is 0 Å². The summed E-state index contributed by atoms with van der Waals surface area (Å²) in [5, 5.41) is 4.30. The fraction of sp³-hybridized carbons (Fsp3) is 0.562. The van der Waals surface area contributed by atoms with Crippen molar-refractivity contribution in [2.75, 3.05) is 0 Å². The van der Waals surface area contributed by atoms with Crippen LogP contribution in [0, 0.1) is 6.92 Å². The summed E-state index contributed by atoms with van der Waals surface area (Å²) >= 11 is 0. The lowest BCUT2D eigenvalue weighted by molar-refractivity contribution is -0.244. The van der Waals surface area contributed by atoms with Crippen LogP contribution >= 0.6 is 0 Å². The van der Waals surface area contributed by atoms with Gasteiger partial charge in [-0.3, -0.25) is 4.68 Å². The van der Waals surface area contributed by atoms with Crippen molar-refractivity contribution in [1.82, 2.24) is 9.78 Å². The molecule has 1 aliphatic carbocycles. The lowest BCUT2D eigenvalue weighted by Gasteiger charge is -2.38. The molecule has 0 bridgehead atoms. The average Bonchev–Trinajstić information content (AvgIpc) is 2.84. The molecule has 2 heterocycles. The Balaban J connectivity index is 1.86. The summed E-state index contributed by atoms with van der Waals surface area (Å²) in [6.07, 6.45) is 7.37. The number of esters is 2. The van der Waals surface area contributed by atoms with E-state index in [2.05, 4.69) is 5.10 Å². The lowest BCUT2D eigenvalue weighted by Crippen LogP contribution is -2.47. The van der Waals surface area contributed by atoms with Crippen molar-refractivity contribution < 1.29 is 19.1 Å². The second-order valence-electron chi connectivity index (χ2n) is 5.83. The Bertz CT molecular complexity index is 617. The highest BCUT2D eigenvalue weighted by Crippen LogP contribution is 2.37. The standard InChI is InChI=1S/C16H20N2O4/c1-3-18-10-12(11(2)17-18)9-13-14(19)21-16(22-15(13)20)7-5-4-6-8-16/h9-10H,3-8H2,1-2H3. The first-order valence-electron chi connectivity index (χ1n) is 7.75. The Morgan fingerprint density at radius 2 is 1.86 bits per heavy atom. The first-order chi connectivity index (χ1) is 10.5. The third kappa shape index (κ3) is 2.65. The Labute approximate surface area is 129 Å². The van der Waals surface area contributed by atoms with Gasteiger partial charge in [0.05, 0.1) is 5.69 Å². The molecule has 1 aromatic rings. The van der Waals surface area contributed by atoms with Crippen LogP contribution in [0.5, 0.6) is 0 Å². The van der Waals surface area contributed by atoms with Gasteiger partial charge >= 0.3 is 11.9 Å². The first kappa shape index (κ1) is 14.8.